The number of hydrogen-bond donors (Lipinski definition) is 0. The zero-order chi connectivity index (χ0) is 15.1. The third kappa shape index (κ3) is 6.68. The molecule has 22 heavy (non-hydrogen) atoms. The van der Waals surface area contributed by atoms with Crippen LogP contribution in [0.1, 0.15) is 44.9 Å². The van der Waals surface area contributed by atoms with Gasteiger partial charge in [0.15, 0.2) is 0 Å². The van der Waals surface area contributed by atoms with E-state index < -0.39 is 0 Å². The van der Waals surface area contributed by atoms with Crippen LogP contribution in [-0.4, -0.2) is 6.61 Å². The summed E-state index contributed by atoms with van der Waals surface area (Å²) < 4.78 is 19.0. The molecule has 1 nitrogen and oxygen atoms in total. The average Bonchev–Trinajstić information content (AvgIpc) is 2.88. The molecule has 2 rings (SSSR count). The van der Waals surface area contributed by atoms with Crippen molar-refractivity contribution in [2.24, 2.45) is 5.92 Å². The molecular weight excluding hydrogens is 376 g/mol. The Bertz CT molecular complexity index is 470. The van der Waals surface area contributed by atoms with Gasteiger partial charge in [0.25, 0.3) is 0 Å². The number of allylic oxidation sites excluding steroid dienone is 1. The molecular formula is C18H23ClFOY-. The molecule has 4 heteroatoms. The summed E-state index contributed by atoms with van der Waals surface area (Å²) in [7, 11) is 0. The van der Waals surface area contributed by atoms with E-state index >= 15 is 0 Å². The number of halogens is 2. The fraction of sp³-hybridized carbons (Fsp3) is 0.500. The van der Waals surface area contributed by atoms with Gasteiger partial charge in [-0.05, 0) is 37.8 Å². The molecule has 0 fully saturated rings. The number of hydrogen-bond acceptors (Lipinski definition) is 1. The second-order valence-electron chi connectivity index (χ2n) is 5.63. The van der Waals surface area contributed by atoms with E-state index in [4.69, 9.17) is 16.3 Å². The molecule has 0 unspecified atom stereocenters. The summed E-state index contributed by atoms with van der Waals surface area (Å²) >= 11 is 5.84. The van der Waals surface area contributed by atoms with Gasteiger partial charge in [-0.3, -0.25) is 0 Å². The van der Waals surface area contributed by atoms with Crippen LogP contribution in [0, 0.1) is 18.7 Å². The zero-order valence-electron chi connectivity index (χ0n) is 13.0. The van der Waals surface area contributed by atoms with Crippen LogP contribution in [0.2, 0.25) is 5.02 Å². The third-order valence-corrected chi connectivity index (χ3v) is 4.17. The van der Waals surface area contributed by atoms with Crippen LogP contribution in [0.5, 0.6) is 5.75 Å². The quantitative estimate of drug-likeness (QED) is 0.297. The Hall–Kier alpha value is 0.0839. The van der Waals surface area contributed by atoms with Gasteiger partial charge < -0.3 is 11.7 Å². The van der Waals surface area contributed by atoms with Crippen LogP contribution in [0.3, 0.4) is 0 Å². The summed E-state index contributed by atoms with van der Waals surface area (Å²) in [5.74, 6) is 0.628. The first-order chi connectivity index (χ1) is 10.2. The minimum absolute atomic E-state index is 0. The van der Waals surface area contributed by atoms with E-state index in [9.17, 15) is 4.39 Å². The molecule has 0 heterocycles. The maximum Gasteiger partial charge on any atom is 0.128 e. The van der Waals surface area contributed by atoms with Crippen molar-refractivity contribution in [1.29, 1.82) is 0 Å². The van der Waals surface area contributed by atoms with E-state index in [1.165, 1.54) is 37.0 Å². The Morgan fingerprint density at radius 2 is 2.05 bits per heavy atom. The Morgan fingerprint density at radius 1 is 1.23 bits per heavy atom. The first kappa shape index (κ1) is 20.1. The summed E-state index contributed by atoms with van der Waals surface area (Å²) in [5, 5.41) is 0.375. The SMILES string of the molecule is [CH2-]CCCCCC1=CCC[C@@H]1COc1cc(F)cc(Cl)c1.[Y]. The van der Waals surface area contributed by atoms with Crippen LogP contribution in [0.4, 0.5) is 4.39 Å². The Balaban J connectivity index is 0.00000242. The van der Waals surface area contributed by atoms with Gasteiger partial charge in [0.05, 0.1) is 6.61 Å². The maximum absolute atomic E-state index is 13.3. The Morgan fingerprint density at radius 3 is 2.77 bits per heavy atom. The molecule has 1 atom stereocenters. The smallest absolute Gasteiger partial charge is 0.128 e. The van der Waals surface area contributed by atoms with Gasteiger partial charge in [0.2, 0.25) is 0 Å². The van der Waals surface area contributed by atoms with Gasteiger partial charge >= 0.3 is 0 Å². The van der Waals surface area contributed by atoms with Crippen LogP contribution >= 0.6 is 11.6 Å². The fourth-order valence-corrected chi connectivity index (χ4v) is 3.02. The van der Waals surface area contributed by atoms with Crippen LogP contribution in [0.15, 0.2) is 29.8 Å². The van der Waals surface area contributed by atoms with Gasteiger partial charge in [-0.2, -0.15) is 6.42 Å². The first-order valence-electron chi connectivity index (χ1n) is 7.76. The third-order valence-electron chi connectivity index (χ3n) is 3.95. The van der Waals surface area contributed by atoms with Gasteiger partial charge in [-0.15, -0.1) is 0 Å². The zero-order valence-corrected chi connectivity index (χ0v) is 16.6. The summed E-state index contributed by atoms with van der Waals surface area (Å²) in [4.78, 5) is 0. The minimum Gasteiger partial charge on any atom is -0.493 e. The molecule has 0 aromatic heterocycles. The fourth-order valence-electron chi connectivity index (χ4n) is 2.81. The standard InChI is InChI=1S/C18H23ClFO.Y/c1-2-3-4-5-7-14-8-6-9-15(14)13-21-18-11-16(19)10-17(20)12-18;/h8,10-12,15H,1-7,9,13H2;/q-1;/t15-;/m1./s1. The van der Waals surface area contributed by atoms with Crippen molar-refractivity contribution in [2.75, 3.05) is 6.61 Å². The van der Waals surface area contributed by atoms with Crippen molar-refractivity contribution in [3.8, 4) is 5.75 Å². The predicted molar refractivity (Wildman–Crippen MR) is 86.2 cm³/mol. The first-order valence-corrected chi connectivity index (χ1v) is 8.14. The molecule has 0 spiro atoms. The van der Waals surface area contributed by atoms with Gasteiger partial charge in [0.1, 0.15) is 11.6 Å². The second kappa shape index (κ2) is 10.8. The number of rotatable bonds is 8. The summed E-state index contributed by atoms with van der Waals surface area (Å²) in [6, 6.07) is 4.34. The van der Waals surface area contributed by atoms with E-state index in [0.717, 1.165) is 25.7 Å². The summed E-state index contributed by atoms with van der Waals surface area (Å²) in [6.07, 6.45) is 10.4. The van der Waals surface area contributed by atoms with E-state index in [1.807, 2.05) is 0 Å². The van der Waals surface area contributed by atoms with Crippen LogP contribution < -0.4 is 4.74 Å². The van der Waals surface area contributed by atoms with Crippen molar-refractivity contribution in [2.45, 2.75) is 44.9 Å². The molecule has 0 saturated heterocycles. The largest absolute Gasteiger partial charge is 0.493 e. The molecule has 0 bridgehead atoms. The van der Waals surface area contributed by atoms with E-state index in [2.05, 4.69) is 13.0 Å². The summed E-state index contributed by atoms with van der Waals surface area (Å²) in [6.45, 7) is 4.48. The van der Waals surface area contributed by atoms with Crippen LogP contribution in [0.25, 0.3) is 0 Å². The van der Waals surface area contributed by atoms with Crippen molar-refractivity contribution < 1.29 is 41.8 Å². The molecule has 1 aliphatic carbocycles. The molecule has 1 aliphatic rings. The topological polar surface area (TPSA) is 9.23 Å². The molecule has 0 amide bonds. The summed E-state index contributed by atoms with van der Waals surface area (Å²) in [5.41, 5.74) is 1.50. The minimum atomic E-state index is -0.354. The number of ether oxygens (including phenoxy) is 1. The Labute approximate surface area is 163 Å². The maximum atomic E-state index is 13.3. The van der Waals surface area contributed by atoms with Crippen LogP contribution in [-0.2, 0) is 32.7 Å². The molecule has 0 saturated carbocycles. The monoisotopic (exact) mass is 398 g/mol. The van der Waals surface area contributed by atoms with Crippen molar-refractivity contribution in [3.05, 3.63) is 47.6 Å². The average molecular weight is 399 g/mol. The van der Waals surface area contributed by atoms with Gasteiger partial charge in [-0.25, -0.2) is 4.39 Å². The molecule has 1 aromatic rings. The molecule has 1 radical (unpaired) electrons. The number of benzene rings is 1. The van der Waals surface area contributed by atoms with E-state index in [0.29, 0.717) is 23.3 Å². The molecule has 0 aliphatic heterocycles. The molecule has 1 aromatic carbocycles. The van der Waals surface area contributed by atoms with E-state index in [-0.39, 0.29) is 38.5 Å². The second-order valence-corrected chi connectivity index (χ2v) is 6.07. The molecule has 0 N–H and O–H groups in total. The van der Waals surface area contributed by atoms with Gasteiger partial charge in [0, 0.05) is 49.7 Å². The molecule has 119 valence electrons. The van der Waals surface area contributed by atoms with Crippen molar-refractivity contribution in [1.82, 2.24) is 0 Å². The van der Waals surface area contributed by atoms with Gasteiger partial charge in [-0.1, -0.05) is 36.1 Å². The normalized spacial score (nSPS) is 17.0. The predicted octanol–water partition coefficient (Wildman–Crippen LogP) is 5.98. The van der Waals surface area contributed by atoms with Crippen molar-refractivity contribution >= 4 is 11.6 Å². The van der Waals surface area contributed by atoms with Crippen molar-refractivity contribution in [3.63, 3.8) is 0 Å². The number of unbranched alkanes of at least 4 members (excludes halogenated alkanes) is 3. The Kier molecular flexibility index (Phi) is 9.87. The van der Waals surface area contributed by atoms with E-state index in [1.54, 1.807) is 6.07 Å².